The van der Waals surface area contributed by atoms with E-state index in [9.17, 15) is 13.2 Å². The summed E-state index contributed by atoms with van der Waals surface area (Å²) in [6.45, 7) is -0.951. The molecule has 1 nitrogen and oxygen atoms in total. The predicted octanol–water partition coefficient (Wildman–Crippen LogP) is 2.49. The van der Waals surface area contributed by atoms with Crippen LogP contribution in [0.5, 0.6) is 0 Å². The Morgan fingerprint density at radius 2 is 2.08 bits per heavy atom. The molecule has 1 rings (SSSR count). The van der Waals surface area contributed by atoms with Crippen molar-refractivity contribution < 1.29 is 13.2 Å². The van der Waals surface area contributed by atoms with Crippen molar-refractivity contribution in [2.24, 2.45) is 0 Å². The lowest BCUT2D eigenvalue weighted by molar-refractivity contribution is -0.119. The molecule has 1 radical (unpaired) electrons. The first-order valence-electron chi connectivity index (χ1n) is 3.73. The summed E-state index contributed by atoms with van der Waals surface area (Å²) >= 11 is 0. The highest BCUT2D eigenvalue weighted by atomic mass is 19.4. The summed E-state index contributed by atoms with van der Waals surface area (Å²) in [5.41, 5.74) is 0.444. The van der Waals surface area contributed by atoms with Crippen LogP contribution in [0.15, 0.2) is 24.3 Å². The fourth-order valence-corrected chi connectivity index (χ4v) is 0.975. The molecule has 71 valence electrons. The van der Waals surface area contributed by atoms with Gasteiger partial charge in [-0.3, -0.25) is 0 Å². The second kappa shape index (κ2) is 3.68. The molecule has 0 saturated carbocycles. The molecule has 0 aliphatic heterocycles. The Balaban J connectivity index is 2.64. The monoisotopic (exact) mass is 188 g/mol. The quantitative estimate of drug-likeness (QED) is 0.689. The van der Waals surface area contributed by atoms with Crippen molar-refractivity contribution in [3.8, 4) is 0 Å². The van der Waals surface area contributed by atoms with E-state index >= 15 is 0 Å². The van der Waals surface area contributed by atoms with Gasteiger partial charge in [0.05, 0.1) is 0 Å². The second-order valence-electron chi connectivity index (χ2n) is 2.72. The van der Waals surface area contributed by atoms with Gasteiger partial charge in [-0.2, -0.15) is 13.2 Å². The first kappa shape index (κ1) is 9.89. The first-order valence-corrected chi connectivity index (χ1v) is 3.73. The second-order valence-corrected chi connectivity index (χ2v) is 2.72. The van der Waals surface area contributed by atoms with E-state index in [2.05, 4.69) is 6.07 Å². The van der Waals surface area contributed by atoms with E-state index in [0.29, 0.717) is 5.69 Å². The molecule has 0 fully saturated rings. The summed E-state index contributed by atoms with van der Waals surface area (Å²) in [5.74, 6) is 0. The SMILES string of the molecule is CN(CC(F)(F)F)c1[c]cccc1. The first-order chi connectivity index (χ1) is 5.99. The number of anilines is 1. The minimum atomic E-state index is -4.17. The van der Waals surface area contributed by atoms with Gasteiger partial charge >= 0.3 is 6.18 Å². The molecule has 0 aromatic heterocycles. The summed E-state index contributed by atoms with van der Waals surface area (Å²) in [6.07, 6.45) is -4.17. The molecule has 0 aliphatic rings. The van der Waals surface area contributed by atoms with Crippen LogP contribution in [0.2, 0.25) is 0 Å². The van der Waals surface area contributed by atoms with Gasteiger partial charge in [-0.25, -0.2) is 0 Å². The van der Waals surface area contributed by atoms with Crippen molar-refractivity contribution >= 4 is 5.69 Å². The van der Waals surface area contributed by atoms with Gasteiger partial charge in [0.1, 0.15) is 6.54 Å². The Kier molecular flexibility index (Phi) is 2.80. The standard InChI is InChI=1S/C9H9F3N/c1-13(7-9(10,11)12)8-5-3-2-4-6-8/h2-5H,7H2,1H3. The Morgan fingerprint density at radius 1 is 1.38 bits per heavy atom. The van der Waals surface area contributed by atoms with E-state index in [-0.39, 0.29) is 0 Å². The third-order valence-electron chi connectivity index (χ3n) is 1.52. The molecule has 0 amide bonds. The largest absolute Gasteiger partial charge is 0.405 e. The maximum atomic E-state index is 11.9. The number of alkyl halides is 3. The average Bonchev–Trinajstić information content (AvgIpc) is 2.03. The van der Waals surface area contributed by atoms with Gasteiger partial charge in [0.25, 0.3) is 0 Å². The highest BCUT2D eigenvalue weighted by molar-refractivity contribution is 5.43. The predicted molar refractivity (Wildman–Crippen MR) is 44.6 cm³/mol. The molecular formula is C9H9F3N. The van der Waals surface area contributed by atoms with Crippen molar-refractivity contribution in [1.29, 1.82) is 0 Å². The van der Waals surface area contributed by atoms with Crippen molar-refractivity contribution in [3.63, 3.8) is 0 Å². The number of benzene rings is 1. The normalized spacial score (nSPS) is 11.4. The fraction of sp³-hybridized carbons (Fsp3) is 0.333. The Labute approximate surface area is 74.8 Å². The number of rotatable bonds is 2. The van der Waals surface area contributed by atoms with E-state index in [1.54, 1.807) is 24.3 Å². The van der Waals surface area contributed by atoms with Gasteiger partial charge in [-0.1, -0.05) is 18.2 Å². The Morgan fingerprint density at radius 3 is 2.54 bits per heavy atom. The molecule has 1 aromatic rings. The number of halogens is 3. The minimum absolute atomic E-state index is 0.444. The lowest BCUT2D eigenvalue weighted by Gasteiger charge is -2.20. The lowest BCUT2D eigenvalue weighted by Crippen LogP contribution is -2.30. The summed E-state index contributed by atoms with van der Waals surface area (Å²) < 4.78 is 35.8. The van der Waals surface area contributed by atoms with Gasteiger partial charge in [0.2, 0.25) is 0 Å². The molecule has 1 aromatic carbocycles. The van der Waals surface area contributed by atoms with Gasteiger partial charge < -0.3 is 4.90 Å². The highest BCUT2D eigenvalue weighted by Gasteiger charge is 2.29. The summed E-state index contributed by atoms with van der Waals surface area (Å²) in [7, 11) is 1.39. The highest BCUT2D eigenvalue weighted by Crippen LogP contribution is 2.19. The zero-order valence-corrected chi connectivity index (χ0v) is 7.10. The van der Waals surface area contributed by atoms with Gasteiger partial charge in [0, 0.05) is 18.8 Å². The van der Waals surface area contributed by atoms with Crippen LogP contribution in [0.3, 0.4) is 0 Å². The average molecular weight is 188 g/mol. The Bertz CT molecular complexity index is 255. The maximum absolute atomic E-state index is 11.9. The molecule has 0 unspecified atom stereocenters. The van der Waals surface area contributed by atoms with Crippen LogP contribution in [-0.2, 0) is 0 Å². The van der Waals surface area contributed by atoms with Crippen LogP contribution in [0, 0.1) is 6.07 Å². The molecule has 0 atom stereocenters. The van der Waals surface area contributed by atoms with E-state index in [1.807, 2.05) is 0 Å². The van der Waals surface area contributed by atoms with E-state index < -0.39 is 12.7 Å². The molecule has 0 bridgehead atoms. The Hall–Kier alpha value is -1.19. The number of hydrogen-bond donors (Lipinski definition) is 0. The van der Waals surface area contributed by atoms with Gasteiger partial charge in [-0.15, -0.1) is 0 Å². The van der Waals surface area contributed by atoms with Crippen LogP contribution in [-0.4, -0.2) is 19.8 Å². The summed E-state index contributed by atoms with van der Waals surface area (Å²) in [5, 5.41) is 0. The molecule has 0 saturated heterocycles. The van der Waals surface area contributed by atoms with Gasteiger partial charge in [-0.05, 0) is 6.07 Å². The van der Waals surface area contributed by atoms with E-state index in [4.69, 9.17) is 0 Å². The number of hydrogen-bond acceptors (Lipinski definition) is 1. The zero-order chi connectivity index (χ0) is 9.90. The third-order valence-corrected chi connectivity index (χ3v) is 1.52. The smallest absolute Gasteiger partial charge is 0.365 e. The van der Waals surface area contributed by atoms with Crippen molar-refractivity contribution in [2.45, 2.75) is 6.18 Å². The van der Waals surface area contributed by atoms with Crippen molar-refractivity contribution in [3.05, 3.63) is 30.3 Å². The van der Waals surface area contributed by atoms with Crippen molar-refractivity contribution in [2.75, 3.05) is 18.5 Å². The fourth-order valence-electron chi connectivity index (χ4n) is 0.975. The molecule has 0 heterocycles. The van der Waals surface area contributed by atoms with Crippen LogP contribution in [0.25, 0.3) is 0 Å². The molecule has 13 heavy (non-hydrogen) atoms. The van der Waals surface area contributed by atoms with Crippen LogP contribution < -0.4 is 4.90 Å². The molecule has 0 aliphatic carbocycles. The number of nitrogens with zero attached hydrogens (tertiary/aromatic N) is 1. The molecule has 0 spiro atoms. The minimum Gasteiger partial charge on any atom is -0.365 e. The maximum Gasteiger partial charge on any atom is 0.405 e. The summed E-state index contributed by atoms with van der Waals surface area (Å²) in [6, 6.07) is 9.28. The number of para-hydroxylation sites is 1. The van der Waals surface area contributed by atoms with Gasteiger partial charge in [0.15, 0.2) is 0 Å². The molecular weight excluding hydrogens is 179 g/mol. The van der Waals surface area contributed by atoms with E-state index in [0.717, 1.165) is 4.90 Å². The molecule has 0 N–H and O–H groups in total. The van der Waals surface area contributed by atoms with Crippen LogP contribution in [0.4, 0.5) is 18.9 Å². The van der Waals surface area contributed by atoms with Crippen molar-refractivity contribution in [1.82, 2.24) is 0 Å². The zero-order valence-electron chi connectivity index (χ0n) is 7.10. The molecule has 4 heteroatoms. The van der Waals surface area contributed by atoms with Crippen LogP contribution in [0.1, 0.15) is 0 Å². The van der Waals surface area contributed by atoms with E-state index in [1.165, 1.54) is 7.05 Å². The summed E-state index contributed by atoms with van der Waals surface area (Å²) in [4.78, 5) is 1.11. The van der Waals surface area contributed by atoms with Crippen LogP contribution >= 0.6 is 0 Å². The lowest BCUT2D eigenvalue weighted by atomic mass is 10.3. The topological polar surface area (TPSA) is 3.24 Å². The third kappa shape index (κ3) is 3.36.